The highest BCUT2D eigenvalue weighted by atomic mass is 32.2. The molecule has 0 unspecified atom stereocenters. The van der Waals surface area contributed by atoms with Crippen LogP contribution in [0.5, 0.6) is 5.75 Å². The number of para-hydroxylation sites is 2. The number of amides is 1. The Morgan fingerprint density at radius 1 is 1.26 bits per heavy atom. The third kappa shape index (κ3) is 4.63. The number of ether oxygens (including phenoxy) is 1. The summed E-state index contributed by atoms with van der Waals surface area (Å²) in [6, 6.07) is 16.4. The van der Waals surface area contributed by atoms with Crippen molar-refractivity contribution in [2.45, 2.75) is 37.5 Å². The van der Waals surface area contributed by atoms with E-state index >= 15 is 0 Å². The summed E-state index contributed by atoms with van der Waals surface area (Å²) in [7, 11) is 0. The minimum absolute atomic E-state index is 0.0542. The van der Waals surface area contributed by atoms with Gasteiger partial charge in [-0.2, -0.15) is 0 Å². The van der Waals surface area contributed by atoms with Crippen LogP contribution in [0.25, 0.3) is 11.0 Å². The van der Waals surface area contributed by atoms with Gasteiger partial charge in [-0.3, -0.25) is 4.79 Å². The van der Waals surface area contributed by atoms with Crippen molar-refractivity contribution in [2.75, 3.05) is 12.4 Å². The quantitative estimate of drug-likeness (QED) is 0.476. The zero-order valence-corrected chi connectivity index (χ0v) is 16.2. The zero-order valence-electron chi connectivity index (χ0n) is 15.4. The van der Waals surface area contributed by atoms with E-state index in [0.29, 0.717) is 19.2 Å². The van der Waals surface area contributed by atoms with Crippen LogP contribution >= 0.6 is 11.8 Å². The van der Waals surface area contributed by atoms with Crippen LogP contribution in [0.4, 0.5) is 0 Å². The number of aromatic nitrogens is 2. The lowest BCUT2D eigenvalue weighted by atomic mass is 10.2. The number of fused-ring (bicyclic) bond motifs is 1. The fraction of sp³-hybridized carbons (Fsp3) is 0.333. The predicted octanol–water partition coefficient (Wildman–Crippen LogP) is 3.79. The Morgan fingerprint density at radius 3 is 2.93 bits per heavy atom. The van der Waals surface area contributed by atoms with Crippen LogP contribution in [0.1, 0.15) is 18.4 Å². The summed E-state index contributed by atoms with van der Waals surface area (Å²) in [5, 5.41) is 3.91. The molecule has 0 spiro atoms. The lowest BCUT2D eigenvalue weighted by Gasteiger charge is -2.10. The summed E-state index contributed by atoms with van der Waals surface area (Å²) in [4.78, 5) is 17.0. The molecule has 1 aliphatic carbocycles. The summed E-state index contributed by atoms with van der Waals surface area (Å²) in [5.41, 5.74) is 3.09. The smallest absolute Gasteiger partial charge is 0.240 e. The molecule has 5 nitrogen and oxygen atoms in total. The molecule has 1 aromatic heterocycles. The van der Waals surface area contributed by atoms with Gasteiger partial charge < -0.3 is 14.6 Å². The number of carbonyl (C=O) groups is 1. The van der Waals surface area contributed by atoms with Crippen molar-refractivity contribution in [1.29, 1.82) is 0 Å². The van der Waals surface area contributed by atoms with Crippen LogP contribution in [0, 0.1) is 6.92 Å². The van der Waals surface area contributed by atoms with Gasteiger partial charge in [-0.1, -0.05) is 36.0 Å². The van der Waals surface area contributed by atoms with Crippen LogP contribution in [0.3, 0.4) is 0 Å². The van der Waals surface area contributed by atoms with Crippen LogP contribution < -0.4 is 10.1 Å². The van der Waals surface area contributed by atoms with Gasteiger partial charge in [0.05, 0.1) is 17.6 Å². The van der Waals surface area contributed by atoms with Gasteiger partial charge in [-0.25, -0.2) is 4.98 Å². The Labute approximate surface area is 163 Å². The second kappa shape index (κ2) is 8.05. The molecule has 1 amide bonds. The highest BCUT2D eigenvalue weighted by Crippen LogP contribution is 2.25. The SMILES string of the molecule is Cc1cccc(OCCSc2nc3ccccc3n2CC(=O)NC2CC2)c1. The molecule has 1 fully saturated rings. The van der Waals surface area contributed by atoms with Gasteiger partial charge >= 0.3 is 0 Å². The van der Waals surface area contributed by atoms with Gasteiger partial charge in [-0.15, -0.1) is 0 Å². The summed E-state index contributed by atoms with van der Waals surface area (Å²) >= 11 is 1.62. The normalized spacial score (nSPS) is 13.7. The molecule has 0 bridgehead atoms. The lowest BCUT2D eigenvalue weighted by Crippen LogP contribution is -2.29. The molecule has 1 N–H and O–H groups in total. The van der Waals surface area contributed by atoms with E-state index in [0.717, 1.165) is 40.5 Å². The fourth-order valence-electron chi connectivity index (χ4n) is 2.96. The van der Waals surface area contributed by atoms with Crippen LogP contribution in [0.2, 0.25) is 0 Å². The largest absolute Gasteiger partial charge is 0.493 e. The van der Waals surface area contributed by atoms with Crippen molar-refractivity contribution in [2.24, 2.45) is 0 Å². The Bertz CT molecular complexity index is 950. The number of thioether (sulfide) groups is 1. The third-order valence-corrected chi connectivity index (χ3v) is 5.38. The van der Waals surface area contributed by atoms with Crippen LogP contribution in [-0.4, -0.2) is 33.9 Å². The summed E-state index contributed by atoms with van der Waals surface area (Å²) in [6.45, 7) is 2.94. The molecule has 4 rings (SSSR count). The summed E-state index contributed by atoms with van der Waals surface area (Å²) in [5.74, 6) is 1.70. The molecular weight excluding hydrogens is 358 g/mol. The van der Waals surface area contributed by atoms with Crippen molar-refractivity contribution in [3.05, 3.63) is 54.1 Å². The molecule has 140 valence electrons. The number of hydrogen-bond acceptors (Lipinski definition) is 4. The Morgan fingerprint density at radius 2 is 2.11 bits per heavy atom. The molecule has 0 radical (unpaired) electrons. The number of nitrogens with one attached hydrogen (secondary N) is 1. The van der Waals surface area contributed by atoms with Crippen molar-refractivity contribution in [3.8, 4) is 5.75 Å². The highest BCUT2D eigenvalue weighted by molar-refractivity contribution is 7.99. The monoisotopic (exact) mass is 381 g/mol. The second-order valence-electron chi connectivity index (χ2n) is 6.82. The standard InChI is InChI=1S/C21H23N3O2S/c1-15-5-4-6-17(13-15)26-11-12-27-21-23-18-7-2-3-8-19(18)24(21)14-20(25)22-16-9-10-16/h2-8,13,16H,9-12,14H2,1H3,(H,22,25). The Kier molecular flexibility index (Phi) is 5.34. The number of rotatable bonds is 8. The number of hydrogen-bond donors (Lipinski definition) is 1. The maximum atomic E-state index is 12.3. The number of nitrogens with zero attached hydrogens (tertiary/aromatic N) is 2. The molecular formula is C21H23N3O2S. The van der Waals surface area contributed by atoms with E-state index in [1.807, 2.05) is 47.0 Å². The van der Waals surface area contributed by atoms with Gasteiger partial charge in [0.15, 0.2) is 5.16 Å². The minimum Gasteiger partial charge on any atom is -0.493 e. The topological polar surface area (TPSA) is 56.2 Å². The van der Waals surface area contributed by atoms with E-state index in [1.54, 1.807) is 11.8 Å². The molecule has 1 aliphatic rings. The van der Waals surface area contributed by atoms with Gasteiger partial charge in [0, 0.05) is 11.8 Å². The van der Waals surface area contributed by atoms with E-state index in [2.05, 4.69) is 18.3 Å². The second-order valence-corrected chi connectivity index (χ2v) is 7.89. The summed E-state index contributed by atoms with van der Waals surface area (Å²) < 4.78 is 7.83. The molecule has 0 aliphatic heterocycles. The van der Waals surface area contributed by atoms with Crippen molar-refractivity contribution < 1.29 is 9.53 Å². The third-order valence-electron chi connectivity index (χ3n) is 4.44. The molecule has 0 saturated heterocycles. The number of aryl methyl sites for hydroxylation is 1. The first kappa shape index (κ1) is 17.9. The van der Waals surface area contributed by atoms with E-state index < -0.39 is 0 Å². The molecule has 6 heteroatoms. The highest BCUT2D eigenvalue weighted by Gasteiger charge is 2.24. The molecule has 1 heterocycles. The Hall–Kier alpha value is -2.47. The number of benzene rings is 2. The minimum atomic E-state index is 0.0542. The molecule has 2 aromatic carbocycles. The zero-order chi connectivity index (χ0) is 18.6. The maximum Gasteiger partial charge on any atom is 0.240 e. The average molecular weight is 382 g/mol. The van der Waals surface area contributed by atoms with Crippen LogP contribution in [0.15, 0.2) is 53.7 Å². The molecule has 27 heavy (non-hydrogen) atoms. The van der Waals surface area contributed by atoms with E-state index in [4.69, 9.17) is 9.72 Å². The van der Waals surface area contributed by atoms with E-state index in [-0.39, 0.29) is 5.91 Å². The fourth-order valence-corrected chi connectivity index (χ4v) is 3.79. The maximum absolute atomic E-state index is 12.3. The van der Waals surface area contributed by atoms with Crippen molar-refractivity contribution in [1.82, 2.24) is 14.9 Å². The molecule has 3 aromatic rings. The van der Waals surface area contributed by atoms with E-state index in [1.165, 1.54) is 5.56 Å². The lowest BCUT2D eigenvalue weighted by molar-refractivity contribution is -0.121. The number of carbonyl (C=O) groups excluding carboxylic acids is 1. The first-order chi connectivity index (χ1) is 13.2. The van der Waals surface area contributed by atoms with Crippen molar-refractivity contribution in [3.63, 3.8) is 0 Å². The van der Waals surface area contributed by atoms with Crippen LogP contribution in [-0.2, 0) is 11.3 Å². The molecule has 1 saturated carbocycles. The van der Waals surface area contributed by atoms with Gasteiger partial charge in [-0.05, 0) is 49.6 Å². The van der Waals surface area contributed by atoms with E-state index in [9.17, 15) is 4.79 Å². The average Bonchev–Trinajstić information content (AvgIpc) is 3.40. The predicted molar refractivity (Wildman–Crippen MR) is 108 cm³/mol. The molecule has 0 atom stereocenters. The van der Waals surface area contributed by atoms with Gasteiger partial charge in [0.25, 0.3) is 0 Å². The van der Waals surface area contributed by atoms with Crippen molar-refractivity contribution >= 4 is 28.7 Å². The summed E-state index contributed by atoms with van der Waals surface area (Å²) in [6.07, 6.45) is 2.18. The van der Waals surface area contributed by atoms with Gasteiger partial charge in [0.1, 0.15) is 12.3 Å². The number of imidazole rings is 1. The van der Waals surface area contributed by atoms with Gasteiger partial charge in [0.2, 0.25) is 5.91 Å². The first-order valence-electron chi connectivity index (χ1n) is 9.26. The Balaban J connectivity index is 1.42. The first-order valence-corrected chi connectivity index (χ1v) is 10.2.